The number of epoxide rings is 1. The maximum absolute atomic E-state index is 10.9. The second kappa shape index (κ2) is 3.01. The Morgan fingerprint density at radius 2 is 2.30 bits per heavy atom. The molecule has 1 heterocycles. The van der Waals surface area contributed by atoms with E-state index in [0.29, 0.717) is 12.5 Å². The van der Waals surface area contributed by atoms with Crippen molar-refractivity contribution in [2.45, 2.75) is 18.9 Å². The molecule has 0 radical (unpaired) electrons. The first kappa shape index (κ1) is 7.54. The molecule has 1 saturated heterocycles. The molecule has 10 heavy (non-hydrogen) atoms. The SMILES string of the molecule is CN(C)C(=O)CCC1CO1. The Hall–Kier alpha value is -0.570. The van der Waals surface area contributed by atoms with Crippen LogP contribution < -0.4 is 0 Å². The zero-order valence-electron chi connectivity index (χ0n) is 6.46. The number of carbonyl (C=O) groups is 1. The normalized spacial score (nSPS) is 22.4. The van der Waals surface area contributed by atoms with Crippen molar-refractivity contribution in [3.8, 4) is 0 Å². The highest BCUT2D eigenvalue weighted by Crippen LogP contribution is 2.15. The van der Waals surface area contributed by atoms with Crippen LogP contribution in [0.5, 0.6) is 0 Å². The minimum atomic E-state index is 0.190. The average molecular weight is 143 g/mol. The first-order chi connectivity index (χ1) is 4.70. The molecule has 1 aliphatic heterocycles. The zero-order valence-corrected chi connectivity index (χ0v) is 6.46. The molecule has 0 saturated carbocycles. The van der Waals surface area contributed by atoms with E-state index in [1.165, 1.54) is 0 Å². The molecular weight excluding hydrogens is 130 g/mol. The van der Waals surface area contributed by atoms with Gasteiger partial charge < -0.3 is 9.64 Å². The average Bonchev–Trinajstić information content (AvgIpc) is 2.64. The van der Waals surface area contributed by atoms with Gasteiger partial charge in [0, 0.05) is 20.5 Å². The highest BCUT2D eigenvalue weighted by Gasteiger charge is 2.23. The van der Waals surface area contributed by atoms with Crippen molar-refractivity contribution < 1.29 is 9.53 Å². The summed E-state index contributed by atoms with van der Waals surface area (Å²) < 4.78 is 4.97. The maximum Gasteiger partial charge on any atom is 0.222 e. The third kappa shape index (κ3) is 2.35. The molecule has 1 fully saturated rings. The van der Waals surface area contributed by atoms with Gasteiger partial charge in [-0.25, -0.2) is 0 Å². The van der Waals surface area contributed by atoms with Crippen LogP contribution in [0.25, 0.3) is 0 Å². The number of amides is 1. The summed E-state index contributed by atoms with van der Waals surface area (Å²) in [6.07, 6.45) is 1.89. The van der Waals surface area contributed by atoms with Crippen LogP contribution in [0.2, 0.25) is 0 Å². The molecule has 1 rings (SSSR count). The Balaban J connectivity index is 2.05. The van der Waals surface area contributed by atoms with E-state index in [1.54, 1.807) is 19.0 Å². The summed E-state index contributed by atoms with van der Waals surface area (Å²) in [5.41, 5.74) is 0. The smallest absolute Gasteiger partial charge is 0.222 e. The summed E-state index contributed by atoms with van der Waals surface area (Å²) in [6.45, 7) is 0.848. The predicted molar refractivity (Wildman–Crippen MR) is 37.7 cm³/mol. The zero-order chi connectivity index (χ0) is 7.56. The van der Waals surface area contributed by atoms with E-state index >= 15 is 0 Å². The summed E-state index contributed by atoms with van der Waals surface area (Å²) in [5, 5.41) is 0. The first-order valence-corrected chi connectivity index (χ1v) is 3.52. The lowest BCUT2D eigenvalue weighted by molar-refractivity contribution is -0.128. The molecule has 3 nitrogen and oxygen atoms in total. The summed E-state index contributed by atoms with van der Waals surface area (Å²) in [4.78, 5) is 12.6. The number of hydrogen-bond donors (Lipinski definition) is 0. The van der Waals surface area contributed by atoms with Crippen LogP contribution in [0.4, 0.5) is 0 Å². The standard InChI is InChI=1S/C7H13NO2/c1-8(2)7(9)4-3-6-5-10-6/h6H,3-5H2,1-2H3. The summed E-state index contributed by atoms with van der Waals surface area (Å²) >= 11 is 0. The van der Waals surface area contributed by atoms with E-state index in [0.717, 1.165) is 13.0 Å². The quantitative estimate of drug-likeness (QED) is 0.531. The van der Waals surface area contributed by atoms with Crippen molar-refractivity contribution in [2.75, 3.05) is 20.7 Å². The Labute approximate surface area is 61.0 Å². The molecule has 1 amide bonds. The Morgan fingerprint density at radius 3 is 2.70 bits per heavy atom. The molecule has 3 heteroatoms. The highest BCUT2D eigenvalue weighted by molar-refractivity contribution is 5.75. The van der Waals surface area contributed by atoms with Gasteiger partial charge in [-0.15, -0.1) is 0 Å². The van der Waals surface area contributed by atoms with E-state index in [1.807, 2.05) is 0 Å². The number of ether oxygens (including phenoxy) is 1. The third-order valence-electron chi connectivity index (χ3n) is 1.58. The Bertz CT molecular complexity index is 130. The van der Waals surface area contributed by atoms with E-state index in [2.05, 4.69) is 0 Å². The molecule has 0 aromatic carbocycles. The van der Waals surface area contributed by atoms with Gasteiger partial charge in [-0.1, -0.05) is 0 Å². The van der Waals surface area contributed by atoms with Crippen LogP contribution in [0.3, 0.4) is 0 Å². The largest absolute Gasteiger partial charge is 0.373 e. The molecule has 0 spiro atoms. The molecule has 0 aromatic heterocycles. The fraction of sp³-hybridized carbons (Fsp3) is 0.857. The van der Waals surface area contributed by atoms with Crippen LogP contribution in [0, 0.1) is 0 Å². The number of rotatable bonds is 3. The summed E-state index contributed by atoms with van der Waals surface area (Å²) in [7, 11) is 3.55. The van der Waals surface area contributed by atoms with Gasteiger partial charge in [0.25, 0.3) is 0 Å². The van der Waals surface area contributed by atoms with Gasteiger partial charge in [-0.3, -0.25) is 4.79 Å². The van der Waals surface area contributed by atoms with Gasteiger partial charge in [0.15, 0.2) is 0 Å². The molecule has 58 valence electrons. The molecule has 1 unspecified atom stereocenters. The van der Waals surface area contributed by atoms with Crippen LogP contribution in [0.1, 0.15) is 12.8 Å². The van der Waals surface area contributed by atoms with E-state index in [4.69, 9.17) is 4.74 Å². The second-order valence-corrected chi connectivity index (χ2v) is 2.78. The molecule has 0 bridgehead atoms. The minimum absolute atomic E-state index is 0.190. The highest BCUT2D eigenvalue weighted by atomic mass is 16.6. The fourth-order valence-corrected chi connectivity index (χ4v) is 0.743. The van der Waals surface area contributed by atoms with Crippen LogP contribution in [-0.2, 0) is 9.53 Å². The van der Waals surface area contributed by atoms with Crippen molar-refractivity contribution in [1.82, 2.24) is 4.90 Å². The van der Waals surface area contributed by atoms with Gasteiger partial charge in [-0.2, -0.15) is 0 Å². The topological polar surface area (TPSA) is 32.8 Å². The molecule has 0 N–H and O–H groups in total. The maximum atomic E-state index is 10.9. The van der Waals surface area contributed by atoms with Gasteiger partial charge in [-0.05, 0) is 6.42 Å². The second-order valence-electron chi connectivity index (χ2n) is 2.78. The summed E-state index contributed by atoms with van der Waals surface area (Å²) in [6, 6.07) is 0. The molecular formula is C7H13NO2. The van der Waals surface area contributed by atoms with Gasteiger partial charge in [0.2, 0.25) is 5.91 Å². The van der Waals surface area contributed by atoms with Gasteiger partial charge in [0.05, 0.1) is 12.7 Å². The van der Waals surface area contributed by atoms with E-state index in [9.17, 15) is 4.79 Å². The summed E-state index contributed by atoms with van der Waals surface area (Å²) in [5.74, 6) is 0.190. The first-order valence-electron chi connectivity index (χ1n) is 3.52. The van der Waals surface area contributed by atoms with Crippen molar-refractivity contribution in [1.29, 1.82) is 0 Å². The fourth-order valence-electron chi connectivity index (χ4n) is 0.743. The van der Waals surface area contributed by atoms with E-state index < -0.39 is 0 Å². The lowest BCUT2D eigenvalue weighted by Crippen LogP contribution is -2.21. The minimum Gasteiger partial charge on any atom is -0.373 e. The Morgan fingerprint density at radius 1 is 1.70 bits per heavy atom. The van der Waals surface area contributed by atoms with Crippen LogP contribution >= 0.6 is 0 Å². The Kier molecular flexibility index (Phi) is 2.27. The van der Waals surface area contributed by atoms with Crippen molar-refractivity contribution in [2.24, 2.45) is 0 Å². The number of carbonyl (C=O) groups excluding carboxylic acids is 1. The van der Waals surface area contributed by atoms with Crippen LogP contribution in [0.15, 0.2) is 0 Å². The molecule has 1 aliphatic rings. The lowest BCUT2D eigenvalue weighted by Gasteiger charge is -2.08. The predicted octanol–water partition coefficient (Wildman–Crippen LogP) is 0.254. The van der Waals surface area contributed by atoms with Crippen LogP contribution in [-0.4, -0.2) is 37.6 Å². The van der Waals surface area contributed by atoms with Gasteiger partial charge >= 0.3 is 0 Å². The third-order valence-corrected chi connectivity index (χ3v) is 1.58. The van der Waals surface area contributed by atoms with Crippen molar-refractivity contribution in [3.63, 3.8) is 0 Å². The molecule has 0 aromatic rings. The lowest BCUT2D eigenvalue weighted by atomic mass is 10.2. The molecule has 0 aliphatic carbocycles. The number of nitrogens with zero attached hydrogens (tertiary/aromatic N) is 1. The molecule has 1 atom stereocenters. The monoisotopic (exact) mass is 143 g/mol. The number of hydrogen-bond acceptors (Lipinski definition) is 2. The van der Waals surface area contributed by atoms with Crippen molar-refractivity contribution >= 4 is 5.91 Å². The van der Waals surface area contributed by atoms with Gasteiger partial charge in [0.1, 0.15) is 0 Å². The van der Waals surface area contributed by atoms with E-state index in [-0.39, 0.29) is 5.91 Å². The van der Waals surface area contributed by atoms with Crippen molar-refractivity contribution in [3.05, 3.63) is 0 Å².